The molecule has 1 aliphatic rings. The molecule has 0 radical (unpaired) electrons. The lowest BCUT2D eigenvalue weighted by molar-refractivity contribution is -0.117. The first-order valence-electron chi connectivity index (χ1n) is 10.4. The normalized spacial score (nSPS) is 14.0. The first-order valence-corrected chi connectivity index (χ1v) is 10.4. The third-order valence-corrected chi connectivity index (χ3v) is 5.47. The SMILES string of the molecule is CC(NC(=O)c1ccccc1Cc1ccccc1)c1ccc(NC(=O)C2CC2)cc1. The highest BCUT2D eigenvalue weighted by Crippen LogP contribution is 2.30. The molecule has 1 unspecified atom stereocenters. The lowest BCUT2D eigenvalue weighted by atomic mass is 9.99. The number of rotatable bonds is 7. The lowest BCUT2D eigenvalue weighted by Crippen LogP contribution is -2.27. The molecule has 1 fully saturated rings. The molecule has 0 saturated heterocycles. The van der Waals surface area contributed by atoms with E-state index in [4.69, 9.17) is 0 Å². The molecule has 3 aromatic carbocycles. The van der Waals surface area contributed by atoms with Crippen LogP contribution in [0.2, 0.25) is 0 Å². The molecule has 1 aliphatic carbocycles. The van der Waals surface area contributed by atoms with E-state index >= 15 is 0 Å². The van der Waals surface area contributed by atoms with Gasteiger partial charge in [0.2, 0.25) is 5.91 Å². The molecule has 1 atom stereocenters. The number of anilines is 1. The standard InChI is InChI=1S/C26H26N2O2/c1-18(20-13-15-23(16-14-20)28-25(29)21-11-12-21)27-26(30)24-10-6-5-9-22(24)17-19-7-3-2-4-8-19/h2-10,13-16,18,21H,11-12,17H2,1H3,(H,27,30)(H,28,29). The van der Waals surface area contributed by atoms with Gasteiger partial charge in [-0.1, -0.05) is 60.7 Å². The topological polar surface area (TPSA) is 58.2 Å². The van der Waals surface area contributed by atoms with Crippen LogP contribution in [0, 0.1) is 5.92 Å². The maximum Gasteiger partial charge on any atom is 0.252 e. The summed E-state index contributed by atoms with van der Waals surface area (Å²) in [5, 5.41) is 6.04. The molecule has 0 aliphatic heterocycles. The quantitative estimate of drug-likeness (QED) is 0.581. The molecule has 0 bridgehead atoms. The Kier molecular flexibility index (Phi) is 5.94. The molecule has 30 heavy (non-hydrogen) atoms. The molecule has 2 N–H and O–H groups in total. The molecule has 4 heteroatoms. The highest BCUT2D eigenvalue weighted by atomic mass is 16.2. The van der Waals surface area contributed by atoms with Gasteiger partial charge >= 0.3 is 0 Å². The van der Waals surface area contributed by atoms with Gasteiger partial charge in [0.15, 0.2) is 0 Å². The summed E-state index contributed by atoms with van der Waals surface area (Å²) in [5.74, 6) is 0.193. The van der Waals surface area contributed by atoms with Crippen molar-refractivity contribution < 1.29 is 9.59 Å². The van der Waals surface area contributed by atoms with E-state index in [-0.39, 0.29) is 23.8 Å². The Balaban J connectivity index is 1.41. The van der Waals surface area contributed by atoms with Crippen LogP contribution < -0.4 is 10.6 Å². The number of benzene rings is 3. The van der Waals surface area contributed by atoms with E-state index in [0.29, 0.717) is 12.0 Å². The Labute approximate surface area is 177 Å². The fourth-order valence-electron chi connectivity index (χ4n) is 3.51. The molecule has 152 valence electrons. The van der Waals surface area contributed by atoms with Crippen molar-refractivity contribution in [3.8, 4) is 0 Å². The summed E-state index contributed by atoms with van der Waals surface area (Å²) in [6.07, 6.45) is 2.69. The van der Waals surface area contributed by atoms with E-state index in [9.17, 15) is 9.59 Å². The lowest BCUT2D eigenvalue weighted by Gasteiger charge is -2.17. The van der Waals surface area contributed by atoms with Crippen molar-refractivity contribution in [3.63, 3.8) is 0 Å². The van der Waals surface area contributed by atoms with Gasteiger partial charge in [0.1, 0.15) is 0 Å². The molecule has 4 rings (SSSR count). The average Bonchev–Trinajstić information content (AvgIpc) is 3.61. The predicted octanol–water partition coefficient (Wildman–Crippen LogP) is 5.12. The van der Waals surface area contributed by atoms with Crippen LogP contribution in [-0.2, 0) is 11.2 Å². The number of carbonyl (C=O) groups is 2. The molecule has 0 spiro atoms. The molecule has 0 heterocycles. The van der Waals surface area contributed by atoms with Gasteiger partial charge in [0, 0.05) is 17.2 Å². The fourth-order valence-corrected chi connectivity index (χ4v) is 3.51. The average molecular weight is 399 g/mol. The summed E-state index contributed by atoms with van der Waals surface area (Å²) in [5.41, 5.74) is 4.67. The molecular formula is C26H26N2O2. The highest BCUT2D eigenvalue weighted by Gasteiger charge is 2.29. The maximum atomic E-state index is 13.0. The third-order valence-electron chi connectivity index (χ3n) is 5.47. The van der Waals surface area contributed by atoms with Gasteiger partial charge in [-0.25, -0.2) is 0 Å². The van der Waals surface area contributed by atoms with Gasteiger partial charge in [0.25, 0.3) is 5.91 Å². The Morgan fingerprint density at radius 1 is 0.900 bits per heavy atom. The van der Waals surface area contributed by atoms with Gasteiger partial charge in [-0.3, -0.25) is 9.59 Å². The Bertz CT molecular complexity index is 1020. The zero-order valence-corrected chi connectivity index (χ0v) is 17.1. The van der Waals surface area contributed by atoms with Crippen LogP contribution in [0.25, 0.3) is 0 Å². The van der Waals surface area contributed by atoms with E-state index in [1.807, 2.05) is 73.7 Å². The second kappa shape index (κ2) is 8.95. The van der Waals surface area contributed by atoms with Crippen molar-refractivity contribution in [3.05, 3.63) is 101 Å². The molecule has 3 aromatic rings. The van der Waals surface area contributed by atoms with Crippen molar-refractivity contribution in [2.45, 2.75) is 32.2 Å². The van der Waals surface area contributed by atoms with Crippen LogP contribution in [0.4, 0.5) is 5.69 Å². The van der Waals surface area contributed by atoms with Crippen LogP contribution in [0.15, 0.2) is 78.9 Å². The summed E-state index contributed by atoms with van der Waals surface area (Å²) >= 11 is 0. The van der Waals surface area contributed by atoms with Crippen LogP contribution >= 0.6 is 0 Å². The van der Waals surface area contributed by atoms with E-state index in [0.717, 1.165) is 29.7 Å². The van der Waals surface area contributed by atoms with Gasteiger partial charge in [0.05, 0.1) is 6.04 Å². The van der Waals surface area contributed by atoms with Gasteiger partial charge in [-0.15, -0.1) is 0 Å². The number of nitrogens with one attached hydrogen (secondary N) is 2. The van der Waals surface area contributed by atoms with Crippen molar-refractivity contribution >= 4 is 17.5 Å². The monoisotopic (exact) mass is 398 g/mol. The Hall–Kier alpha value is -3.40. The van der Waals surface area contributed by atoms with Gasteiger partial charge < -0.3 is 10.6 Å². The smallest absolute Gasteiger partial charge is 0.252 e. The van der Waals surface area contributed by atoms with Crippen LogP contribution in [0.1, 0.15) is 52.9 Å². The van der Waals surface area contributed by atoms with E-state index in [2.05, 4.69) is 22.8 Å². The summed E-state index contributed by atoms with van der Waals surface area (Å²) in [6, 6.07) is 25.4. The van der Waals surface area contributed by atoms with Crippen LogP contribution in [0.5, 0.6) is 0 Å². The first-order chi connectivity index (χ1) is 14.6. The van der Waals surface area contributed by atoms with Crippen LogP contribution in [-0.4, -0.2) is 11.8 Å². The second-order valence-corrected chi connectivity index (χ2v) is 7.90. The zero-order chi connectivity index (χ0) is 20.9. The van der Waals surface area contributed by atoms with E-state index in [1.165, 1.54) is 5.56 Å². The summed E-state index contributed by atoms with van der Waals surface area (Å²) in [7, 11) is 0. The minimum absolute atomic E-state index is 0.0832. The predicted molar refractivity (Wildman–Crippen MR) is 119 cm³/mol. The van der Waals surface area contributed by atoms with Crippen LogP contribution in [0.3, 0.4) is 0 Å². The van der Waals surface area contributed by atoms with Crippen molar-refractivity contribution in [2.75, 3.05) is 5.32 Å². The number of hydrogen-bond donors (Lipinski definition) is 2. The van der Waals surface area contributed by atoms with E-state index < -0.39 is 0 Å². The number of carbonyl (C=O) groups excluding carboxylic acids is 2. The molecular weight excluding hydrogens is 372 g/mol. The minimum atomic E-state index is -0.143. The third kappa shape index (κ3) is 4.95. The summed E-state index contributed by atoms with van der Waals surface area (Å²) in [6.45, 7) is 1.97. The zero-order valence-electron chi connectivity index (χ0n) is 17.1. The molecule has 2 amide bonds. The highest BCUT2D eigenvalue weighted by molar-refractivity contribution is 5.96. The number of amides is 2. The van der Waals surface area contributed by atoms with Crippen molar-refractivity contribution in [1.29, 1.82) is 0 Å². The van der Waals surface area contributed by atoms with Crippen molar-refractivity contribution in [1.82, 2.24) is 5.32 Å². The first kappa shape index (κ1) is 19.9. The largest absolute Gasteiger partial charge is 0.346 e. The Morgan fingerprint density at radius 3 is 2.27 bits per heavy atom. The molecule has 1 saturated carbocycles. The second-order valence-electron chi connectivity index (χ2n) is 7.90. The van der Waals surface area contributed by atoms with Gasteiger partial charge in [-0.2, -0.15) is 0 Å². The fraction of sp³-hybridized carbons (Fsp3) is 0.231. The van der Waals surface area contributed by atoms with Crippen molar-refractivity contribution in [2.24, 2.45) is 5.92 Å². The molecule has 0 aromatic heterocycles. The summed E-state index contributed by atoms with van der Waals surface area (Å²) < 4.78 is 0. The number of hydrogen-bond acceptors (Lipinski definition) is 2. The summed E-state index contributed by atoms with van der Waals surface area (Å²) in [4.78, 5) is 24.9. The Morgan fingerprint density at radius 2 is 1.57 bits per heavy atom. The van der Waals surface area contributed by atoms with E-state index in [1.54, 1.807) is 0 Å². The maximum absolute atomic E-state index is 13.0. The molecule has 4 nitrogen and oxygen atoms in total. The minimum Gasteiger partial charge on any atom is -0.346 e. The van der Waals surface area contributed by atoms with Gasteiger partial charge in [-0.05, 0) is 61.1 Å².